The third-order valence-corrected chi connectivity index (χ3v) is 7.50. The first-order valence-electron chi connectivity index (χ1n) is 11.0. The molecule has 6 nitrogen and oxygen atoms in total. The predicted octanol–water partition coefficient (Wildman–Crippen LogP) is 2.89. The van der Waals surface area contributed by atoms with E-state index < -0.39 is 10.0 Å². The minimum Gasteiger partial charge on any atom is -0.492 e. The zero-order valence-electron chi connectivity index (χ0n) is 17.5. The largest absolute Gasteiger partial charge is 0.492 e. The monoisotopic (exact) mass is 422 g/mol. The lowest BCUT2D eigenvalue weighted by molar-refractivity contribution is -0.0402. The summed E-state index contributed by atoms with van der Waals surface area (Å²) in [4.78, 5) is 2.39. The molecule has 5 rings (SSSR count). The zero-order valence-corrected chi connectivity index (χ0v) is 18.4. The van der Waals surface area contributed by atoms with E-state index in [1.807, 2.05) is 6.07 Å². The lowest BCUT2D eigenvalue weighted by Gasteiger charge is -2.44. The van der Waals surface area contributed by atoms with Gasteiger partial charge in [0.25, 0.3) is 0 Å². The third kappa shape index (κ3) is 5.13. The average Bonchev–Trinajstić information content (AvgIpc) is 2.71. The van der Waals surface area contributed by atoms with Crippen molar-refractivity contribution in [2.24, 2.45) is 0 Å². The van der Waals surface area contributed by atoms with Crippen LogP contribution in [0.25, 0.3) is 0 Å². The maximum absolute atomic E-state index is 11.9. The molecule has 4 aliphatic rings. The molecule has 7 heteroatoms. The number of hydrogen-bond acceptors (Lipinski definition) is 5. The number of nitrogens with one attached hydrogen (secondary N) is 1. The van der Waals surface area contributed by atoms with E-state index in [4.69, 9.17) is 9.47 Å². The number of nitrogens with zero attached hydrogens (tertiary/aromatic N) is 1. The van der Waals surface area contributed by atoms with Gasteiger partial charge in [-0.15, -0.1) is 0 Å². The van der Waals surface area contributed by atoms with Gasteiger partial charge in [-0.2, -0.15) is 0 Å². The minimum absolute atomic E-state index is 0.0331. The summed E-state index contributed by atoms with van der Waals surface area (Å²) in [5.41, 5.74) is 1.32. The van der Waals surface area contributed by atoms with Crippen molar-refractivity contribution in [1.82, 2.24) is 9.62 Å². The number of piperidine rings is 1. The summed E-state index contributed by atoms with van der Waals surface area (Å²) in [6, 6.07) is 8.55. The summed E-state index contributed by atoms with van der Waals surface area (Å²) in [5, 5.41) is 0. The van der Waals surface area contributed by atoms with Crippen LogP contribution in [0.5, 0.6) is 5.75 Å². The van der Waals surface area contributed by atoms with Gasteiger partial charge in [0, 0.05) is 18.1 Å². The van der Waals surface area contributed by atoms with E-state index in [2.05, 4.69) is 34.7 Å². The minimum atomic E-state index is -3.26. The van der Waals surface area contributed by atoms with Gasteiger partial charge >= 0.3 is 0 Å². The molecule has 1 aromatic rings. The van der Waals surface area contributed by atoms with E-state index in [0.29, 0.717) is 19.1 Å². The lowest BCUT2D eigenvalue weighted by Crippen LogP contribution is -2.60. The van der Waals surface area contributed by atoms with Crippen LogP contribution in [-0.2, 0) is 14.8 Å². The van der Waals surface area contributed by atoms with E-state index in [1.165, 1.54) is 11.8 Å². The van der Waals surface area contributed by atoms with Gasteiger partial charge < -0.3 is 9.47 Å². The Balaban J connectivity index is 1.60. The van der Waals surface area contributed by atoms with Crippen LogP contribution in [0.15, 0.2) is 24.3 Å². The number of benzene rings is 1. The van der Waals surface area contributed by atoms with E-state index in [9.17, 15) is 8.42 Å². The average molecular weight is 423 g/mol. The number of para-hydroxylation sites is 1. The highest BCUT2D eigenvalue weighted by molar-refractivity contribution is 7.88. The van der Waals surface area contributed by atoms with Crippen molar-refractivity contribution < 1.29 is 17.9 Å². The molecule has 1 aromatic carbocycles. The van der Waals surface area contributed by atoms with Crippen LogP contribution in [0.1, 0.15) is 56.9 Å². The Morgan fingerprint density at radius 2 is 1.83 bits per heavy atom. The van der Waals surface area contributed by atoms with Crippen molar-refractivity contribution >= 4 is 10.0 Å². The molecule has 0 spiro atoms. The Hall–Kier alpha value is -1.15. The topological polar surface area (TPSA) is 67.9 Å². The van der Waals surface area contributed by atoms with E-state index in [1.54, 1.807) is 0 Å². The molecule has 1 unspecified atom stereocenters. The van der Waals surface area contributed by atoms with Gasteiger partial charge in [0.05, 0.1) is 19.0 Å². The van der Waals surface area contributed by atoms with Gasteiger partial charge in [0.2, 0.25) is 10.0 Å². The van der Waals surface area contributed by atoms with Crippen LogP contribution in [0.3, 0.4) is 0 Å². The number of hydrogen-bond donors (Lipinski definition) is 1. The third-order valence-electron chi connectivity index (χ3n) is 6.77. The quantitative estimate of drug-likeness (QED) is 0.794. The van der Waals surface area contributed by atoms with Crippen LogP contribution < -0.4 is 9.46 Å². The molecule has 0 radical (unpaired) electrons. The van der Waals surface area contributed by atoms with Gasteiger partial charge in [-0.1, -0.05) is 18.2 Å². The first kappa shape index (κ1) is 21.1. The highest BCUT2D eigenvalue weighted by Gasteiger charge is 2.37. The highest BCUT2D eigenvalue weighted by atomic mass is 32.2. The molecular formula is C22H34N2O4S. The molecule has 29 heavy (non-hydrogen) atoms. The summed E-state index contributed by atoms with van der Waals surface area (Å²) in [6.45, 7) is 4.27. The maximum Gasteiger partial charge on any atom is 0.209 e. The number of fused-ring (bicyclic) bond motifs is 5. The van der Waals surface area contributed by atoms with Crippen LogP contribution in [-0.4, -0.2) is 63.6 Å². The van der Waals surface area contributed by atoms with Gasteiger partial charge in [-0.3, -0.25) is 4.90 Å². The standard InChI is InChI=1S/C22H34N2O4S/c1-16-14-28-22-8-4-3-6-19(22)17-9-11-18(12-10-17)27-15-21-20(23-29(2,25)26)7-5-13-24(16)21/h3-4,6,8,16-18,20-21,23H,5,7,9-15H2,1-2H3/t16-,17?,18?,20-,21?/m0/s1. The molecule has 2 bridgehead atoms. The van der Waals surface area contributed by atoms with Gasteiger partial charge in [-0.25, -0.2) is 13.1 Å². The Bertz CT molecular complexity index is 792. The maximum atomic E-state index is 11.9. The molecule has 1 N–H and O–H groups in total. The van der Waals surface area contributed by atoms with Crippen LogP contribution in [0.4, 0.5) is 0 Å². The van der Waals surface area contributed by atoms with Crippen molar-refractivity contribution in [3.63, 3.8) is 0 Å². The second kappa shape index (κ2) is 8.92. The first-order chi connectivity index (χ1) is 13.9. The van der Waals surface area contributed by atoms with E-state index >= 15 is 0 Å². The fourth-order valence-corrected chi connectivity index (χ4v) is 6.11. The Kier molecular flexibility index (Phi) is 6.49. The highest BCUT2D eigenvalue weighted by Crippen LogP contribution is 2.39. The lowest BCUT2D eigenvalue weighted by atomic mass is 9.82. The fourth-order valence-electron chi connectivity index (χ4n) is 5.29. The van der Waals surface area contributed by atoms with Gasteiger partial charge in [-0.05, 0) is 69.5 Å². The number of ether oxygens (including phenoxy) is 2. The van der Waals surface area contributed by atoms with Gasteiger partial charge in [0.15, 0.2) is 0 Å². The van der Waals surface area contributed by atoms with Crippen molar-refractivity contribution in [1.29, 1.82) is 0 Å². The smallest absolute Gasteiger partial charge is 0.209 e. The summed E-state index contributed by atoms with van der Waals surface area (Å²) >= 11 is 0. The van der Waals surface area contributed by atoms with Crippen LogP contribution in [0.2, 0.25) is 0 Å². The molecule has 1 saturated carbocycles. The second-order valence-corrected chi connectivity index (χ2v) is 10.7. The number of rotatable bonds is 2. The summed E-state index contributed by atoms with van der Waals surface area (Å²) in [7, 11) is -3.26. The van der Waals surface area contributed by atoms with Crippen molar-refractivity contribution in [2.75, 3.05) is 26.0 Å². The zero-order chi connectivity index (χ0) is 20.4. The van der Waals surface area contributed by atoms with E-state index in [-0.39, 0.29) is 24.2 Å². The number of sulfonamides is 1. The Morgan fingerprint density at radius 1 is 1.07 bits per heavy atom. The van der Waals surface area contributed by atoms with Crippen molar-refractivity contribution in [3.8, 4) is 5.75 Å². The SMILES string of the molecule is C[C@H]1COc2ccccc2C2CCC(CC2)OCC2[C@@H](NS(C)(=O)=O)CCCN21. The normalized spacial score (nSPS) is 34.1. The fraction of sp³-hybridized carbons (Fsp3) is 0.727. The summed E-state index contributed by atoms with van der Waals surface area (Å²) in [6.07, 6.45) is 7.64. The molecule has 162 valence electrons. The summed E-state index contributed by atoms with van der Waals surface area (Å²) < 4.78 is 39.5. The van der Waals surface area contributed by atoms with Crippen LogP contribution >= 0.6 is 0 Å². The predicted molar refractivity (Wildman–Crippen MR) is 114 cm³/mol. The molecule has 3 atom stereocenters. The van der Waals surface area contributed by atoms with E-state index in [0.717, 1.165) is 50.8 Å². The second-order valence-electron chi connectivity index (χ2n) is 8.95. The molecule has 1 aliphatic carbocycles. The molecule has 1 saturated heterocycles. The first-order valence-corrected chi connectivity index (χ1v) is 12.9. The van der Waals surface area contributed by atoms with Crippen LogP contribution in [0, 0.1) is 0 Å². The Morgan fingerprint density at radius 3 is 2.59 bits per heavy atom. The van der Waals surface area contributed by atoms with Crippen molar-refractivity contribution in [3.05, 3.63) is 29.8 Å². The van der Waals surface area contributed by atoms with Crippen molar-refractivity contribution in [2.45, 2.75) is 75.6 Å². The molecule has 0 amide bonds. The molecule has 3 aliphatic heterocycles. The summed E-state index contributed by atoms with van der Waals surface area (Å²) in [5.74, 6) is 1.53. The molecular weight excluding hydrogens is 388 g/mol. The molecule has 2 fully saturated rings. The molecule has 0 aromatic heterocycles. The Labute approximate surface area is 175 Å². The molecule has 3 heterocycles. The van der Waals surface area contributed by atoms with Gasteiger partial charge in [0.1, 0.15) is 12.4 Å².